The van der Waals surface area contributed by atoms with Crippen molar-refractivity contribution in [2.75, 3.05) is 0 Å². The summed E-state index contributed by atoms with van der Waals surface area (Å²) in [4.78, 5) is 27.9. The topological polar surface area (TPSA) is 83.3 Å². The number of aliphatic hydroxyl groups excluding tert-OH is 1. The first-order chi connectivity index (χ1) is 11.6. The second-order valence-electron chi connectivity index (χ2n) is 5.96. The zero-order valence-corrected chi connectivity index (χ0v) is 12.8. The van der Waals surface area contributed by atoms with E-state index in [0.29, 0.717) is 28.8 Å². The van der Waals surface area contributed by atoms with Crippen LogP contribution in [0.5, 0.6) is 0 Å². The summed E-state index contributed by atoms with van der Waals surface area (Å²) in [5, 5.41) is 11.0. The Morgan fingerprint density at radius 2 is 1.92 bits per heavy atom. The summed E-state index contributed by atoms with van der Waals surface area (Å²) in [6.07, 6.45) is 2.10. The average molecular weight is 321 g/mol. The summed E-state index contributed by atoms with van der Waals surface area (Å²) in [5.74, 6) is 0.286. The number of H-pyrrole nitrogens is 1. The van der Waals surface area contributed by atoms with E-state index in [1.165, 1.54) is 6.07 Å². The molecule has 1 aromatic carbocycles. The summed E-state index contributed by atoms with van der Waals surface area (Å²) in [7, 11) is 0. The van der Waals surface area contributed by atoms with Gasteiger partial charge in [-0.25, -0.2) is 0 Å². The van der Waals surface area contributed by atoms with Crippen LogP contribution in [0.1, 0.15) is 30.2 Å². The lowest BCUT2D eigenvalue weighted by Crippen LogP contribution is -2.19. The quantitative estimate of drug-likeness (QED) is 0.756. The molecule has 2 heterocycles. The first-order valence-electron chi connectivity index (χ1n) is 7.74. The Hall–Kier alpha value is -3.08. The van der Waals surface area contributed by atoms with E-state index in [0.717, 1.165) is 0 Å². The highest BCUT2D eigenvalue weighted by Gasteiger charge is 2.31. The maximum Gasteiger partial charge on any atom is 0.190 e. The molecule has 4 rings (SSSR count). The van der Waals surface area contributed by atoms with Gasteiger partial charge in [-0.3, -0.25) is 9.59 Å². The number of hydrogen-bond donors (Lipinski definition) is 2. The third kappa shape index (κ3) is 2.34. The normalized spacial score (nSPS) is 18.3. The van der Waals surface area contributed by atoms with Gasteiger partial charge in [0.05, 0.1) is 17.5 Å². The number of fused-ring (bicyclic) bond motifs is 1. The molecular formula is C19H15NO4. The monoisotopic (exact) mass is 321 g/mol. The van der Waals surface area contributed by atoms with Crippen molar-refractivity contribution < 1.29 is 14.3 Å². The molecule has 120 valence electrons. The van der Waals surface area contributed by atoms with Crippen LogP contribution in [0.25, 0.3) is 16.5 Å². The van der Waals surface area contributed by atoms with Gasteiger partial charge in [-0.2, -0.15) is 0 Å². The number of Topliss-reactive ketones (excluding diaryl/α,β-unsaturated/α-hetero) is 1. The summed E-state index contributed by atoms with van der Waals surface area (Å²) in [5.41, 5.74) is 1.02. The van der Waals surface area contributed by atoms with E-state index in [9.17, 15) is 14.7 Å². The van der Waals surface area contributed by atoms with Crippen LogP contribution in [0.3, 0.4) is 0 Å². The molecule has 0 spiro atoms. The van der Waals surface area contributed by atoms with Gasteiger partial charge in [0.2, 0.25) is 0 Å². The Labute approximate surface area is 137 Å². The Morgan fingerprint density at radius 3 is 2.67 bits per heavy atom. The van der Waals surface area contributed by atoms with Crippen LogP contribution in [0.15, 0.2) is 63.7 Å². The molecule has 2 N–H and O–H groups in total. The number of ketones is 1. The summed E-state index contributed by atoms with van der Waals surface area (Å²) in [6.45, 7) is 0. The number of aromatic amines is 1. The van der Waals surface area contributed by atoms with Crippen molar-refractivity contribution in [3.05, 3.63) is 76.2 Å². The van der Waals surface area contributed by atoms with Gasteiger partial charge in [0, 0.05) is 35.7 Å². The van der Waals surface area contributed by atoms with Gasteiger partial charge in [0.25, 0.3) is 0 Å². The van der Waals surface area contributed by atoms with Gasteiger partial charge in [-0.15, -0.1) is 0 Å². The standard InChI is InChI=1S/C19H15NO4/c21-15-10-14(20-13-5-2-1-4-12(13)15)19-16(22)8-11(9-17(19)23)18-6-3-7-24-18/h1-7,10-11,22H,8-9H2,(H,20,21)/t11-/m1/s1. The largest absolute Gasteiger partial charge is 0.511 e. The minimum Gasteiger partial charge on any atom is -0.511 e. The van der Waals surface area contributed by atoms with Crippen molar-refractivity contribution >= 4 is 22.3 Å². The molecule has 0 unspecified atom stereocenters. The highest BCUT2D eigenvalue weighted by molar-refractivity contribution is 6.21. The number of rotatable bonds is 2. The molecule has 0 aliphatic heterocycles. The number of carbonyl (C=O) groups is 1. The Balaban J connectivity index is 1.80. The highest BCUT2D eigenvalue weighted by Crippen LogP contribution is 2.36. The van der Waals surface area contributed by atoms with E-state index in [-0.39, 0.29) is 34.9 Å². The van der Waals surface area contributed by atoms with E-state index >= 15 is 0 Å². The smallest absolute Gasteiger partial charge is 0.190 e. The lowest BCUT2D eigenvalue weighted by Gasteiger charge is -2.22. The Morgan fingerprint density at radius 1 is 1.08 bits per heavy atom. The molecule has 1 atom stereocenters. The molecule has 0 amide bonds. The minimum atomic E-state index is -0.203. The number of pyridine rings is 1. The first kappa shape index (κ1) is 14.5. The number of aliphatic hydroxyl groups is 1. The van der Waals surface area contributed by atoms with Crippen molar-refractivity contribution in [2.24, 2.45) is 0 Å². The van der Waals surface area contributed by atoms with E-state index in [1.807, 2.05) is 6.07 Å². The molecule has 2 aromatic heterocycles. The van der Waals surface area contributed by atoms with Crippen LogP contribution in [-0.2, 0) is 4.79 Å². The predicted molar refractivity (Wildman–Crippen MR) is 89.8 cm³/mol. The van der Waals surface area contributed by atoms with Crippen LogP contribution in [0, 0.1) is 0 Å². The van der Waals surface area contributed by atoms with Gasteiger partial charge in [0.15, 0.2) is 11.2 Å². The molecule has 0 bridgehead atoms. The number of nitrogens with one attached hydrogen (secondary N) is 1. The van der Waals surface area contributed by atoms with Crippen molar-refractivity contribution in [1.29, 1.82) is 0 Å². The third-order valence-corrected chi connectivity index (χ3v) is 4.39. The molecule has 1 aliphatic carbocycles. The van der Waals surface area contributed by atoms with E-state index in [2.05, 4.69) is 4.98 Å². The van der Waals surface area contributed by atoms with Gasteiger partial charge >= 0.3 is 0 Å². The molecule has 0 saturated heterocycles. The first-order valence-corrected chi connectivity index (χ1v) is 7.74. The maximum atomic E-state index is 12.6. The van der Waals surface area contributed by atoms with E-state index in [1.54, 1.807) is 36.6 Å². The number of furan rings is 1. The molecule has 0 radical (unpaired) electrons. The molecule has 5 nitrogen and oxygen atoms in total. The minimum absolute atomic E-state index is 0.0152. The molecule has 3 aromatic rings. The lowest BCUT2D eigenvalue weighted by atomic mass is 9.84. The van der Waals surface area contributed by atoms with Gasteiger partial charge in [-0.05, 0) is 24.3 Å². The number of hydrogen-bond acceptors (Lipinski definition) is 4. The number of allylic oxidation sites excluding steroid dienone is 2. The van der Waals surface area contributed by atoms with Gasteiger partial charge in [0.1, 0.15) is 11.5 Å². The maximum absolute atomic E-state index is 12.6. The van der Waals surface area contributed by atoms with Crippen LogP contribution in [0.2, 0.25) is 0 Å². The van der Waals surface area contributed by atoms with E-state index < -0.39 is 0 Å². The Bertz CT molecular complexity index is 1010. The van der Waals surface area contributed by atoms with Crippen LogP contribution < -0.4 is 5.43 Å². The van der Waals surface area contributed by atoms with Crippen molar-refractivity contribution in [3.63, 3.8) is 0 Å². The second-order valence-corrected chi connectivity index (χ2v) is 5.96. The van der Waals surface area contributed by atoms with Crippen molar-refractivity contribution in [3.8, 4) is 0 Å². The lowest BCUT2D eigenvalue weighted by molar-refractivity contribution is -0.114. The van der Waals surface area contributed by atoms with Crippen LogP contribution in [0.4, 0.5) is 0 Å². The summed E-state index contributed by atoms with van der Waals surface area (Å²) >= 11 is 0. The summed E-state index contributed by atoms with van der Waals surface area (Å²) < 4.78 is 5.34. The highest BCUT2D eigenvalue weighted by atomic mass is 16.3. The van der Waals surface area contributed by atoms with Crippen molar-refractivity contribution in [2.45, 2.75) is 18.8 Å². The SMILES string of the molecule is O=C1C[C@H](c2ccco2)CC(O)=C1c1cc(=O)c2ccccc2[nH]1. The fourth-order valence-corrected chi connectivity index (χ4v) is 3.26. The second kappa shape index (κ2) is 5.53. The Kier molecular flexibility index (Phi) is 3.34. The van der Waals surface area contributed by atoms with Gasteiger partial charge < -0.3 is 14.5 Å². The molecule has 1 aliphatic rings. The van der Waals surface area contributed by atoms with Crippen LogP contribution >= 0.6 is 0 Å². The zero-order valence-electron chi connectivity index (χ0n) is 12.8. The van der Waals surface area contributed by atoms with E-state index in [4.69, 9.17) is 4.42 Å². The number of aromatic nitrogens is 1. The fraction of sp³-hybridized carbons (Fsp3) is 0.158. The van der Waals surface area contributed by atoms with Crippen LogP contribution in [-0.4, -0.2) is 15.9 Å². The average Bonchev–Trinajstić information content (AvgIpc) is 3.09. The molecule has 0 fully saturated rings. The number of para-hydroxylation sites is 1. The number of benzene rings is 1. The van der Waals surface area contributed by atoms with Gasteiger partial charge in [-0.1, -0.05) is 12.1 Å². The third-order valence-electron chi connectivity index (χ3n) is 4.39. The predicted octanol–water partition coefficient (Wildman–Crippen LogP) is 3.54. The molecular weight excluding hydrogens is 306 g/mol. The summed E-state index contributed by atoms with van der Waals surface area (Å²) in [6, 6.07) is 12.0. The van der Waals surface area contributed by atoms with Crippen molar-refractivity contribution in [1.82, 2.24) is 4.98 Å². The molecule has 5 heteroatoms. The molecule has 0 saturated carbocycles. The molecule has 24 heavy (non-hydrogen) atoms. The zero-order chi connectivity index (χ0) is 16.7. The number of carbonyl (C=O) groups excluding carboxylic acids is 1. The fourth-order valence-electron chi connectivity index (χ4n) is 3.26.